The van der Waals surface area contributed by atoms with Gasteiger partial charge in [0.05, 0.1) is 27.9 Å². The minimum Gasteiger partial charge on any atom is -0.494 e. The molecular formula is C57H50O6. The van der Waals surface area contributed by atoms with E-state index in [0.717, 1.165) is 44.5 Å². The van der Waals surface area contributed by atoms with Gasteiger partial charge in [0, 0.05) is 45.0 Å². The van der Waals surface area contributed by atoms with Gasteiger partial charge in [-0.3, -0.25) is 0 Å². The van der Waals surface area contributed by atoms with Crippen LogP contribution in [0, 0.1) is 0 Å². The zero-order valence-electron chi connectivity index (χ0n) is 35.9. The van der Waals surface area contributed by atoms with Gasteiger partial charge in [0.25, 0.3) is 0 Å². The minimum atomic E-state index is -1.18. The van der Waals surface area contributed by atoms with Crippen molar-refractivity contribution in [2.75, 3.05) is 27.9 Å². The first-order chi connectivity index (χ1) is 31.0. The number of ether oxygens (including phenoxy) is 6. The number of methoxy groups -OCH3 is 3. The van der Waals surface area contributed by atoms with E-state index in [1.165, 1.54) is 0 Å². The summed E-state index contributed by atoms with van der Waals surface area (Å²) in [6, 6.07) is 70.0. The fraction of sp³-hybridized carbons (Fsp3) is 0.123. The molecule has 0 aliphatic heterocycles. The fourth-order valence-electron chi connectivity index (χ4n) is 8.22. The van der Waals surface area contributed by atoms with Gasteiger partial charge in [-0.1, -0.05) is 176 Å². The maximum absolute atomic E-state index is 7.68. The molecule has 0 saturated heterocycles. The van der Waals surface area contributed by atoms with Crippen LogP contribution in [0.3, 0.4) is 0 Å². The molecule has 0 aliphatic carbocycles. The van der Waals surface area contributed by atoms with Crippen molar-refractivity contribution in [1.29, 1.82) is 0 Å². The highest BCUT2D eigenvalue weighted by atomic mass is 16.5. The van der Waals surface area contributed by atoms with Crippen LogP contribution in [-0.4, -0.2) is 27.9 Å². The van der Waals surface area contributed by atoms with Crippen molar-refractivity contribution in [1.82, 2.24) is 0 Å². The van der Waals surface area contributed by atoms with Crippen LogP contribution < -0.4 is 28.4 Å². The van der Waals surface area contributed by atoms with Crippen LogP contribution in [0.2, 0.25) is 0 Å². The third-order valence-electron chi connectivity index (χ3n) is 11.1. The van der Waals surface area contributed by atoms with Crippen LogP contribution in [-0.2, 0) is 11.2 Å². The lowest BCUT2D eigenvalue weighted by Gasteiger charge is -2.38. The zero-order chi connectivity index (χ0) is 43.5. The van der Waals surface area contributed by atoms with E-state index >= 15 is 0 Å². The Morgan fingerprint density at radius 1 is 0.381 bits per heavy atom. The van der Waals surface area contributed by atoms with Gasteiger partial charge in [0.2, 0.25) is 5.75 Å². The first kappa shape index (κ1) is 42.0. The quantitative estimate of drug-likeness (QED) is 0.0673. The molecular weight excluding hydrogens is 781 g/mol. The second-order valence-electron chi connectivity index (χ2n) is 14.8. The van der Waals surface area contributed by atoms with Gasteiger partial charge in [-0.25, -0.2) is 0 Å². The molecule has 0 atom stereocenters. The monoisotopic (exact) mass is 830 g/mol. The Labute approximate surface area is 370 Å². The van der Waals surface area contributed by atoms with Crippen LogP contribution in [0.5, 0.6) is 34.5 Å². The average molecular weight is 831 g/mol. The van der Waals surface area contributed by atoms with E-state index in [9.17, 15) is 0 Å². The topological polar surface area (TPSA) is 55.4 Å². The largest absolute Gasteiger partial charge is 0.494 e. The van der Waals surface area contributed by atoms with Crippen molar-refractivity contribution < 1.29 is 28.4 Å². The van der Waals surface area contributed by atoms with Gasteiger partial charge >= 0.3 is 0 Å². The summed E-state index contributed by atoms with van der Waals surface area (Å²) in [4.78, 5) is 0. The predicted octanol–water partition coefficient (Wildman–Crippen LogP) is 13.0. The Balaban J connectivity index is 1.33. The lowest BCUT2D eigenvalue weighted by molar-refractivity contribution is 0.145. The maximum Gasteiger partial charge on any atom is 0.203 e. The lowest BCUT2D eigenvalue weighted by atomic mass is 9.79. The molecule has 0 amide bonds. The first-order valence-corrected chi connectivity index (χ1v) is 21.0. The van der Waals surface area contributed by atoms with Crippen molar-refractivity contribution in [2.45, 2.75) is 18.1 Å². The van der Waals surface area contributed by atoms with E-state index in [-0.39, 0.29) is 0 Å². The average Bonchev–Trinajstić information content (AvgIpc) is 3.35. The second kappa shape index (κ2) is 19.3. The highest BCUT2D eigenvalue weighted by molar-refractivity contribution is 5.75. The summed E-state index contributed by atoms with van der Waals surface area (Å²) >= 11 is 0. The van der Waals surface area contributed by atoms with Gasteiger partial charge in [0.15, 0.2) is 22.7 Å². The van der Waals surface area contributed by atoms with E-state index in [1.54, 1.807) is 21.3 Å². The Morgan fingerprint density at radius 2 is 0.825 bits per heavy atom. The van der Waals surface area contributed by atoms with Crippen molar-refractivity contribution in [2.24, 2.45) is 0 Å². The summed E-state index contributed by atoms with van der Waals surface area (Å²) in [7, 11) is 4.82. The highest BCUT2D eigenvalue weighted by Crippen LogP contribution is 2.47. The van der Waals surface area contributed by atoms with E-state index in [2.05, 4.69) is 109 Å². The van der Waals surface area contributed by atoms with Gasteiger partial charge in [-0.15, -0.1) is 0 Å². The molecule has 0 spiro atoms. The SMILES string of the molecule is CCOc1ccc(/C=C\c2cc(OC)c(OC)c(OC)c2)c(OC(c2ccccc2)(c2ccccc2)c2cccc(OC(c3ccccc3)(c3ccccc3)c3ccccc3)c2)c1. The van der Waals surface area contributed by atoms with Crippen molar-refractivity contribution >= 4 is 12.2 Å². The lowest BCUT2D eigenvalue weighted by Crippen LogP contribution is -2.37. The summed E-state index contributed by atoms with van der Waals surface area (Å²) in [6.45, 7) is 2.47. The Bertz CT molecular complexity index is 2580. The highest BCUT2D eigenvalue weighted by Gasteiger charge is 2.42. The predicted molar refractivity (Wildman–Crippen MR) is 252 cm³/mol. The molecule has 314 valence electrons. The van der Waals surface area contributed by atoms with Crippen LogP contribution in [0.15, 0.2) is 206 Å². The van der Waals surface area contributed by atoms with E-state index in [1.807, 2.05) is 116 Å². The summed E-state index contributed by atoms with van der Waals surface area (Å²) < 4.78 is 38.3. The summed E-state index contributed by atoms with van der Waals surface area (Å²) in [5.74, 6) is 3.60. The Kier molecular flexibility index (Phi) is 12.9. The molecule has 0 unspecified atom stereocenters. The van der Waals surface area contributed by atoms with Gasteiger partial charge in [-0.05, 0) is 48.9 Å². The van der Waals surface area contributed by atoms with E-state index in [4.69, 9.17) is 28.4 Å². The summed E-state index contributed by atoms with van der Waals surface area (Å²) in [6.07, 6.45) is 4.03. The molecule has 0 fully saturated rings. The smallest absolute Gasteiger partial charge is 0.203 e. The maximum atomic E-state index is 7.68. The number of benzene rings is 8. The molecule has 8 rings (SSSR count). The molecule has 0 saturated carbocycles. The fourth-order valence-corrected chi connectivity index (χ4v) is 8.22. The molecule has 0 radical (unpaired) electrons. The number of rotatable bonds is 17. The summed E-state index contributed by atoms with van der Waals surface area (Å²) in [5, 5.41) is 0. The molecule has 6 nitrogen and oxygen atoms in total. The van der Waals surface area contributed by atoms with Crippen LogP contribution in [0.25, 0.3) is 12.2 Å². The van der Waals surface area contributed by atoms with Crippen LogP contribution in [0.4, 0.5) is 0 Å². The summed E-state index contributed by atoms with van der Waals surface area (Å²) in [5.41, 5.74) is 5.20. The van der Waals surface area contributed by atoms with Gasteiger partial charge in [0.1, 0.15) is 17.2 Å². The molecule has 0 N–H and O–H groups in total. The van der Waals surface area contributed by atoms with Crippen molar-refractivity contribution in [3.05, 3.63) is 251 Å². The van der Waals surface area contributed by atoms with Crippen molar-refractivity contribution in [3.8, 4) is 34.5 Å². The molecule has 0 aromatic heterocycles. The third kappa shape index (κ3) is 8.62. The molecule has 63 heavy (non-hydrogen) atoms. The Hall–Kier alpha value is -7.70. The minimum absolute atomic E-state index is 0.494. The Morgan fingerprint density at radius 3 is 1.25 bits per heavy atom. The van der Waals surface area contributed by atoms with Gasteiger partial charge in [-0.2, -0.15) is 0 Å². The molecule has 8 aromatic carbocycles. The molecule has 0 bridgehead atoms. The standard InChI is InChI=1S/C57H50O6/c1-5-61-50-37-36-43(35-34-42-38-53(58-2)55(60-4)54(39-42)59-3)52(41-50)63-57(47-28-17-9-18-29-47,48-30-19-10-20-31-48)49-32-21-33-51(40-49)62-56(44-22-11-6-12-23-44,45-24-13-7-14-25-45)46-26-15-8-16-27-46/h6-41H,5H2,1-4H3/b35-34-. The zero-order valence-corrected chi connectivity index (χ0v) is 35.9. The van der Waals surface area contributed by atoms with Crippen LogP contribution in [0.1, 0.15) is 51.4 Å². The molecule has 8 aromatic rings. The van der Waals surface area contributed by atoms with E-state index in [0.29, 0.717) is 41.1 Å². The number of hydrogen-bond acceptors (Lipinski definition) is 6. The molecule has 0 aliphatic rings. The third-order valence-corrected chi connectivity index (χ3v) is 11.1. The van der Waals surface area contributed by atoms with Crippen molar-refractivity contribution in [3.63, 3.8) is 0 Å². The van der Waals surface area contributed by atoms with Gasteiger partial charge < -0.3 is 28.4 Å². The second-order valence-corrected chi connectivity index (χ2v) is 14.8. The molecule has 6 heteroatoms. The first-order valence-electron chi connectivity index (χ1n) is 21.0. The van der Waals surface area contributed by atoms with E-state index < -0.39 is 11.2 Å². The number of hydrogen-bond donors (Lipinski definition) is 0. The normalized spacial score (nSPS) is 11.5. The van der Waals surface area contributed by atoms with Crippen LogP contribution >= 0.6 is 0 Å². The molecule has 0 heterocycles.